The molecule has 0 aliphatic heterocycles. The zero-order valence-electron chi connectivity index (χ0n) is 14.6. The number of rotatable bonds is 2. The van der Waals surface area contributed by atoms with Crippen LogP contribution in [-0.2, 0) is 0 Å². The van der Waals surface area contributed by atoms with Gasteiger partial charge in [0.05, 0.1) is 11.1 Å². The lowest BCUT2D eigenvalue weighted by Gasteiger charge is -2.11. The first-order valence-corrected chi connectivity index (χ1v) is 8.81. The summed E-state index contributed by atoms with van der Waals surface area (Å²) in [5.41, 5.74) is 0.527. The van der Waals surface area contributed by atoms with Crippen LogP contribution in [0.3, 0.4) is 0 Å². The van der Waals surface area contributed by atoms with Crippen LogP contribution in [0.15, 0.2) is 72.8 Å². The minimum Gasteiger partial charge on any atom is -0.478 e. The van der Waals surface area contributed by atoms with Gasteiger partial charge in [0.1, 0.15) is 0 Å². The van der Waals surface area contributed by atoms with Gasteiger partial charge in [0.25, 0.3) is 0 Å². The van der Waals surface area contributed by atoms with Crippen LogP contribution in [0.25, 0.3) is 43.1 Å². The third-order valence-electron chi connectivity index (χ3n) is 5.33. The topological polar surface area (TPSA) is 74.6 Å². The van der Waals surface area contributed by atoms with Crippen LogP contribution in [0, 0.1) is 0 Å². The van der Waals surface area contributed by atoms with Crippen LogP contribution in [0.1, 0.15) is 20.7 Å². The maximum absolute atomic E-state index is 11.4. The molecule has 0 saturated carbocycles. The molecule has 2 N–H and O–H groups in total. The predicted molar refractivity (Wildman–Crippen MR) is 110 cm³/mol. The van der Waals surface area contributed by atoms with E-state index in [4.69, 9.17) is 0 Å². The fraction of sp³-hybridized carbons (Fsp3) is 0. The molecule has 0 aromatic heterocycles. The van der Waals surface area contributed by atoms with Crippen LogP contribution in [0.2, 0.25) is 0 Å². The van der Waals surface area contributed by atoms with Crippen LogP contribution < -0.4 is 0 Å². The van der Waals surface area contributed by atoms with Gasteiger partial charge in [-0.25, -0.2) is 9.59 Å². The van der Waals surface area contributed by atoms with Gasteiger partial charge in [0, 0.05) is 0 Å². The molecule has 134 valence electrons. The molecule has 0 atom stereocenters. The molecule has 5 aromatic rings. The number of aromatic carboxylic acids is 2. The summed E-state index contributed by atoms with van der Waals surface area (Å²) < 4.78 is 0. The fourth-order valence-corrected chi connectivity index (χ4v) is 3.96. The van der Waals surface area contributed by atoms with Gasteiger partial charge in [0.15, 0.2) is 0 Å². The molecule has 0 fully saturated rings. The molecule has 5 aromatic carbocycles. The molecular formula is C24H14O4. The SMILES string of the molecule is O=C(O)c1ccc2c(ccc3c2ccc2c4cc(C(=O)O)ccc4ccc23)c1. The van der Waals surface area contributed by atoms with E-state index in [1.807, 2.05) is 42.5 Å². The lowest BCUT2D eigenvalue weighted by molar-refractivity contribution is 0.0686. The normalized spacial score (nSPS) is 11.4. The van der Waals surface area contributed by atoms with Crippen molar-refractivity contribution in [1.29, 1.82) is 0 Å². The predicted octanol–water partition coefficient (Wildman–Crippen LogP) is 5.70. The quantitative estimate of drug-likeness (QED) is 0.393. The van der Waals surface area contributed by atoms with Crippen molar-refractivity contribution >= 4 is 55.0 Å². The number of carbonyl (C=O) groups is 2. The summed E-state index contributed by atoms with van der Waals surface area (Å²) in [5, 5.41) is 26.4. The Bertz CT molecular complexity index is 1460. The van der Waals surface area contributed by atoms with Crippen LogP contribution in [0.4, 0.5) is 0 Å². The van der Waals surface area contributed by atoms with Gasteiger partial charge in [-0.2, -0.15) is 0 Å². The minimum atomic E-state index is -0.945. The third kappa shape index (κ3) is 2.32. The Labute approximate surface area is 159 Å². The fourth-order valence-electron chi connectivity index (χ4n) is 3.96. The summed E-state index contributed by atoms with van der Waals surface area (Å²) in [6.45, 7) is 0. The average Bonchev–Trinajstić information content (AvgIpc) is 2.71. The van der Waals surface area contributed by atoms with Crippen molar-refractivity contribution in [1.82, 2.24) is 0 Å². The van der Waals surface area contributed by atoms with Crippen molar-refractivity contribution in [3.63, 3.8) is 0 Å². The summed E-state index contributed by atoms with van der Waals surface area (Å²) >= 11 is 0. The number of hydrogen-bond acceptors (Lipinski definition) is 2. The highest BCUT2D eigenvalue weighted by molar-refractivity contribution is 6.22. The summed E-state index contributed by atoms with van der Waals surface area (Å²) in [5.74, 6) is -1.89. The Hall–Kier alpha value is -3.92. The Kier molecular flexibility index (Phi) is 3.36. The van der Waals surface area contributed by atoms with Gasteiger partial charge < -0.3 is 10.2 Å². The van der Waals surface area contributed by atoms with Crippen molar-refractivity contribution in [3.05, 3.63) is 83.9 Å². The van der Waals surface area contributed by atoms with Gasteiger partial charge in [-0.05, 0) is 67.4 Å². The van der Waals surface area contributed by atoms with E-state index in [2.05, 4.69) is 6.07 Å². The molecule has 28 heavy (non-hydrogen) atoms. The van der Waals surface area contributed by atoms with E-state index in [0.29, 0.717) is 0 Å². The van der Waals surface area contributed by atoms with E-state index in [-0.39, 0.29) is 11.1 Å². The first kappa shape index (κ1) is 16.3. The number of fused-ring (bicyclic) bond motifs is 7. The van der Waals surface area contributed by atoms with E-state index in [9.17, 15) is 19.8 Å². The summed E-state index contributed by atoms with van der Waals surface area (Å²) in [7, 11) is 0. The molecule has 0 bridgehead atoms. The Morgan fingerprint density at radius 1 is 0.464 bits per heavy atom. The maximum atomic E-state index is 11.4. The van der Waals surface area contributed by atoms with Crippen molar-refractivity contribution in [2.24, 2.45) is 0 Å². The highest BCUT2D eigenvalue weighted by Gasteiger charge is 2.11. The molecule has 0 aliphatic rings. The smallest absolute Gasteiger partial charge is 0.335 e. The Morgan fingerprint density at radius 3 is 1.57 bits per heavy atom. The second-order valence-corrected chi connectivity index (χ2v) is 6.87. The first-order chi connectivity index (χ1) is 13.5. The first-order valence-electron chi connectivity index (χ1n) is 8.81. The van der Waals surface area contributed by atoms with Gasteiger partial charge in [-0.1, -0.05) is 48.5 Å². The summed E-state index contributed by atoms with van der Waals surface area (Å²) in [4.78, 5) is 22.6. The van der Waals surface area contributed by atoms with E-state index in [1.54, 1.807) is 24.3 Å². The Balaban J connectivity index is 1.87. The molecule has 0 aliphatic carbocycles. The third-order valence-corrected chi connectivity index (χ3v) is 5.33. The second-order valence-electron chi connectivity index (χ2n) is 6.87. The van der Waals surface area contributed by atoms with Crippen LogP contribution in [-0.4, -0.2) is 22.2 Å². The molecule has 4 nitrogen and oxygen atoms in total. The molecule has 5 rings (SSSR count). The van der Waals surface area contributed by atoms with Crippen molar-refractivity contribution in [2.75, 3.05) is 0 Å². The summed E-state index contributed by atoms with van der Waals surface area (Å²) in [6.07, 6.45) is 0. The van der Waals surface area contributed by atoms with Crippen LogP contribution >= 0.6 is 0 Å². The second kappa shape index (κ2) is 5.79. The Morgan fingerprint density at radius 2 is 0.893 bits per heavy atom. The van der Waals surface area contributed by atoms with E-state index >= 15 is 0 Å². The molecule has 0 amide bonds. The highest BCUT2D eigenvalue weighted by Crippen LogP contribution is 2.35. The molecular weight excluding hydrogens is 352 g/mol. The van der Waals surface area contributed by atoms with E-state index in [0.717, 1.165) is 43.1 Å². The largest absolute Gasteiger partial charge is 0.478 e. The van der Waals surface area contributed by atoms with Crippen molar-refractivity contribution in [3.8, 4) is 0 Å². The maximum Gasteiger partial charge on any atom is 0.335 e. The molecule has 0 radical (unpaired) electrons. The van der Waals surface area contributed by atoms with Gasteiger partial charge in [-0.3, -0.25) is 0 Å². The number of carboxylic acids is 2. The zero-order chi connectivity index (χ0) is 19.4. The molecule has 0 spiro atoms. The van der Waals surface area contributed by atoms with Gasteiger partial charge in [0.2, 0.25) is 0 Å². The van der Waals surface area contributed by atoms with E-state index in [1.165, 1.54) is 0 Å². The van der Waals surface area contributed by atoms with Gasteiger partial charge >= 0.3 is 11.9 Å². The van der Waals surface area contributed by atoms with Crippen molar-refractivity contribution < 1.29 is 19.8 Å². The zero-order valence-corrected chi connectivity index (χ0v) is 14.6. The molecule has 4 heteroatoms. The highest BCUT2D eigenvalue weighted by atomic mass is 16.4. The monoisotopic (exact) mass is 366 g/mol. The van der Waals surface area contributed by atoms with Gasteiger partial charge in [-0.15, -0.1) is 0 Å². The number of benzene rings is 5. The minimum absolute atomic E-state index is 0.264. The average molecular weight is 366 g/mol. The molecule has 0 unspecified atom stereocenters. The number of carboxylic acid groups (broad SMARTS) is 2. The van der Waals surface area contributed by atoms with Crippen LogP contribution in [0.5, 0.6) is 0 Å². The number of hydrogen-bond donors (Lipinski definition) is 2. The molecule has 0 saturated heterocycles. The lowest BCUT2D eigenvalue weighted by Crippen LogP contribution is -1.96. The summed E-state index contributed by atoms with van der Waals surface area (Å²) in [6, 6.07) is 22.3. The van der Waals surface area contributed by atoms with E-state index < -0.39 is 11.9 Å². The standard InChI is InChI=1S/C24H14O4/c25-23(26)15-5-6-17-14(11-15)4-8-19-18(17)9-10-21-20(19)7-3-13-1-2-16(24(27)28)12-22(13)21/h1-12H,(H,25,26)(H,27,28). The molecule has 0 heterocycles. The van der Waals surface area contributed by atoms with Crippen molar-refractivity contribution in [2.45, 2.75) is 0 Å². The lowest BCUT2D eigenvalue weighted by atomic mass is 9.93.